The van der Waals surface area contributed by atoms with E-state index in [1.165, 1.54) is 21.7 Å². The van der Waals surface area contributed by atoms with Gasteiger partial charge in [-0.3, -0.25) is 4.79 Å². The zero-order chi connectivity index (χ0) is 24.6. The van der Waals surface area contributed by atoms with Crippen LogP contribution in [0.25, 0.3) is 11.6 Å². The molecule has 35 heavy (non-hydrogen) atoms. The normalized spacial score (nSPS) is 14.8. The lowest BCUT2D eigenvalue weighted by Gasteiger charge is -2.28. The molecule has 1 aliphatic rings. The first-order valence-corrected chi connectivity index (χ1v) is 12.4. The van der Waals surface area contributed by atoms with Crippen molar-refractivity contribution in [2.75, 3.05) is 19.0 Å². The Morgan fingerprint density at radius 3 is 2.17 bits per heavy atom. The number of carbonyl (C=O) groups excluding carboxylic acids is 1. The van der Waals surface area contributed by atoms with E-state index in [0.717, 1.165) is 11.1 Å². The summed E-state index contributed by atoms with van der Waals surface area (Å²) in [6.07, 6.45) is 4.58. The average Bonchev–Trinajstić information content (AvgIpc) is 3.48. The zero-order valence-corrected chi connectivity index (χ0v) is 20.0. The number of hydrogen-bond acceptors (Lipinski definition) is 5. The van der Waals surface area contributed by atoms with E-state index in [1.54, 1.807) is 38.4 Å². The van der Waals surface area contributed by atoms with Gasteiger partial charge in [0, 0.05) is 25.2 Å². The first-order valence-electron chi connectivity index (χ1n) is 11.0. The van der Waals surface area contributed by atoms with Crippen molar-refractivity contribution in [1.29, 1.82) is 0 Å². The number of amides is 1. The number of aromatic nitrogens is 1. The number of fused-ring (bicyclic) bond motifs is 1. The van der Waals surface area contributed by atoms with Gasteiger partial charge in [0.05, 0.1) is 28.4 Å². The molecule has 0 fully saturated rings. The summed E-state index contributed by atoms with van der Waals surface area (Å²) in [4.78, 5) is 14.5. The van der Waals surface area contributed by atoms with Crippen molar-refractivity contribution in [3.05, 3.63) is 114 Å². The summed E-state index contributed by atoms with van der Waals surface area (Å²) in [6, 6.07) is 23.3. The minimum absolute atomic E-state index is 0.106. The van der Waals surface area contributed by atoms with Crippen molar-refractivity contribution in [1.82, 2.24) is 9.46 Å². The Morgan fingerprint density at radius 2 is 1.60 bits per heavy atom. The summed E-state index contributed by atoms with van der Waals surface area (Å²) in [5.41, 5.74) is 3.90. The van der Waals surface area contributed by atoms with Crippen LogP contribution < -0.4 is 4.90 Å². The number of nitrogens with zero attached hydrogens (tertiary/aromatic N) is 3. The Hall–Kier alpha value is -4.01. The van der Waals surface area contributed by atoms with Gasteiger partial charge in [-0.2, -0.15) is 4.31 Å². The predicted molar refractivity (Wildman–Crippen MR) is 134 cm³/mol. The summed E-state index contributed by atoms with van der Waals surface area (Å²) < 4.78 is 34.0. The van der Waals surface area contributed by atoms with Gasteiger partial charge in [0.1, 0.15) is 6.26 Å². The van der Waals surface area contributed by atoms with Crippen molar-refractivity contribution >= 4 is 33.3 Å². The van der Waals surface area contributed by atoms with Crippen LogP contribution in [0, 0.1) is 0 Å². The SMILES string of the molecule is CN1C(=O)/C(=C/c2cnoc2)c2cc(S(=O)(=O)N(C)C(c3ccccc3)c3ccccc3)ccc21. The van der Waals surface area contributed by atoms with Crippen LogP contribution in [-0.2, 0) is 14.8 Å². The van der Waals surface area contributed by atoms with E-state index in [9.17, 15) is 13.2 Å². The second kappa shape index (κ2) is 8.98. The summed E-state index contributed by atoms with van der Waals surface area (Å²) in [6.45, 7) is 0. The fraction of sp³-hybridized carbons (Fsp3) is 0.111. The van der Waals surface area contributed by atoms with Crippen LogP contribution in [0.5, 0.6) is 0 Å². The van der Waals surface area contributed by atoms with Crippen LogP contribution >= 0.6 is 0 Å². The number of rotatable bonds is 6. The molecule has 0 saturated heterocycles. The lowest BCUT2D eigenvalue weighted by molar-refractivity contribution is -0.112. The molecule has 4 aromatic rings. The van der Waals surface area contributed by atoms with Crippen LogP contribution in [0.15, 0.2) is 101 Å². The number of carbonyl (C=O) groups is 1. The molecule has 3 aromatic carbocycles. The third-order valence-corrected chi connectivity index (χ3v) is 8.01. The minimum atomic E-state index is -3.93. The second-order valence-corrected chi connectivity index (χ2v) is 10.3. The molecule has 1 amide bonds. The van der Waals surface area contributed by atoms with Gasteiger partial charge in [-0.1, -0.05) is 65.8 Å². The van der Waals surface area contributed by atoms with Crippen molar-refractivity contribution in [2.24, 2.45) is 0 Å². The molecular weight excluding hydrogens is 462 g/mol. The number of benzene rings is 3. The van der Waals surface area contributed by atoms with E-state index in [1.807, 2.05) is 60.7 Å². The maximum atomic E-state index is 13.9. The predicted octanol–water partition coefficient (Wildman–Crippen LogP) is 4.60. The van der Waals surface area contributed by atoms with E-state index in [-0.39, 0.29) is 10.8 Å². The average molecular weight is 486 g/mol. The minimum Gasteiger partial charge on any atom is -0.364 e. The Morgan fingerprint density at radius 1 is 0.971 bits per heavy atom. The van der Waals surface area contributed by atoms with Gasteiger partial charge in [0.25, 0.3) is 5.91 Å². The molecule has 176 valence electrons. The smallest absolute Gasteiger partial charge is 0.258 e. The lowest BCUT2D eigenvalue weighted by Crippen LogP contribution is -2.32. The number of likely N-dealkylation sites (N-methyl/N-ethyl adjacent to an activating group) is 1. The molecule has 8 heteroatoms. The van der Waals surface area contributed by atoms with Crippen LogP contribution in [0.1, 0.15) is 28.3 Å². The quantitative estimate of drug-likeness (QED) is 0.373. The molecular formula is C27H23N3O4S. The van der Waals surface area contributed by atoms with Crippen LogP contribution in [-0.4, -0.2) is 37.9 Å². The molecule has 0 aliphatic carbocycles. The largest absolute Gasteiger partial charge is 0.364 e. The monoisotopic (exact) mass is 485 g/mol. The van der Waals surface area contributed by atoms with Gasteiger partial charge in [-0.25, -0.2) is 8.42 Å². The van der Waals surface area contributed by atoms with Gasteiger partial charge in [-0.05, 0) is 35.4 Å². The highest BCUT2D eigenvalue weighted by Gasteiger charge is 2.34. The van der Waals surface area contributed by atoms with E-state index >= 15 is 0 Å². The van der Waals surface area contributed by atoms with E-state index in [2.05, 4.69) is 5.16 Å². The van der Waals surface area contributed by atoms with Gasteiger partial charge >= 0.3 is 0 Å². The molecule has 0 radical (unpaired) electrons. The van der Waals surface area contributed by atoms with Crippen LogP contribution in [0.3, 0.4) is 0 Å². The third kappa shape index (κ3) is 4.07. The summed E-state index contributed by atoms with van der Waals surface area (Å²) in [5, 5.41) is 3.67. The fourth-order valence-electron chi connectivity index (χ4n) is 4.37. The van der Waals surface area contributed by atoms with Gasteiger partial charge in [-0.15, -0.1) is 0 Å². The Labute approximate surface area is 204 Å². The van der Waals surface area contributed by atoms with E-state index in [4.69, 9.17) is 4.52 Å². The molecule has 5 rings (SSSR count). The zero-order valence-electron chi connectivity index (χ0n) is 19.2. The van der Waals surface area contributed by atoms with Crippen molar-refractivity contribution in [2.45, 2.75) is 10.9 Å². The molecule has 2 heterocycles. The molecule has 0 N–H and O–H groups in total. The highest BCUT2D eigenvalue weighted by Crippen LogP contribution is 2.40. The fourth-order valence-corrected chi connectivity index (χ4v) is 5.73. The Balaban J connectivity index is 1.60. The maximum absolute atomic E-state index is 13.9. The van der Waals surface area contributed by atoms with Gasteiger partial charge < -0.3 is 9.42 Å². The van der Waals surface area contributed by atoms with Gasteiger partial charge in [0.15, 0.2) is 0 Å². The highest BCUT2D eigenvalue weighted by atomic mass is 32.2. The molecule has 0 saturated carbocycles. The second-order valence-electron chi connectivity index (χ2n) is 8.30. The van der Waals surface area contributed by atoms with Crippen molar-refractivity contribution < 1.29 is 17.7 Å². The number of hydrogen-bond donors (Lipinski definition) is 0. The molecule has 0 bridgehead atoms. The maximum Gasteiger partial charge on any atom is 0.258 e. The van der Waals surface area contributed by atoms with Crippen molar-refractivity contribution in [3.63, 3.8) is 0 Å². The third-order valence-electron chi connectivity index (χ3n) is 6.19. The van der Waals surface area contributed by atoms with E-state index < -0.39 is 16.1 Å². The molecule has 1 aromatic heterocycles. The van der Waals surface area contributed by atoms with E-state index in [0.29, 0.717) is 22.4 Å². The molecule has 7 nitrogen and oxygen atoms in total. The Bertz CT molecular complexity index is 1460. The summed E-state index contributed by atoms with van der Waals surface area (Å²) in [7, 11) is -0.686. The molecule has 0 atom stereocenters. The van der Waals surface area contributed by atoms with Crippen molar-refractivity contribution in [3.8, 4) is 0 Å². The molecule has 1 aliphatic heterocycles. The first-order chi connectivity index (χ1) is 16.9. The number of sulfonamides is 1. The van der Waals surface area contributed by atoms with Crippen LogP contribution in [0.2, 0.25) is 0 Å². The highest BCUT2D eigenvalue weighted by molar-refractivity contribution is 7.89. The van der Waals surface area contributed by atoms with Crippen LogP contribution in [0.4, 0.5) is 5.69 Å². The standard InChI is InChI=1S/C27H23N3O4S/c1-29-25-14-13-22(16-23(25)24(27(29)31)15-19-17-28-34-18-19)35(32,33)30(2)26(20-9-5-3-6-10-20)21-11-7-4-8-12-21/h3-18,26H,1-2H3/b24-15+. The Kier molecular flexibility index (Phi) is 5.84. The summed E-state index contributed by atoms with van der Waals surface area (Å²) >= 11 is 0. The summed E-state index contributed by atoms with van der Waals surface area (Å²) in [5.74, 6) is -0.226. The topological polar surface area (TPSA) is 83.7 Å². The molecule has 0 unspecified atom stereocenters. The van der Waals surface area contributed by atoms with Gasteiger partial charge in [0.2, 0.25) is 10.0 Å². The first kappa shape index (κ1) is 22.8. The molecule has 0 spiro atoms. The number of anilines is 1. The lowest BCUT2D eigenvalue weighted by atomic mass is 9.99.